The first-order valence-corrected chi connectivity index (χ1v) is 6.86. The molecule has 1 atom stereocenters. The first-order chi connectivity index (χ1) is 8.84. The molecule has 3 heteroatoms. The van der Waals surface area contributed by atoms with E-state index < -0.39 is 0 Å². The highest BCUT2D eigenvalue weighted by Gasteiger charge is 2.16. The summed E-state index contributed by atoms with van der Waals surface area (Å²) in [5, 5.41) is 6.35. The maximum atomic E-state index is 11.8. The SMILES string of the molecule is O=C(CC1CCCNC1)NCCc1ccccc1. The Morgan fingerprint density at radius 2 is 2.17 bits per heavy atom. The number of carbonyl (C=O) groups excluding carboxylic acids is 1. The third-order valence-electron chi connectivity index (χ3n) is 3.45. The number of carbonyl (C=O) groups is 1. The smallest absolute Gasteiger partial charge is 0.220 e. The zero-order chi connectivity index (χ0) is 12.6. The van der Waals surface area contributed by atoms with Crippen LogP contribution < -0.4 is 10.6 Å². The van der Waals surface area contributed by atoms with E-state index in [-0.39, 0.29) is 5.91 Å². The molecule has 0 bridgehead atoms. The minimum atomic E-state index is 0.194. The molecule has 0 radical (unpaired) electrons. The van der Waals surface area contributed by atoms with Gasteiger partial charge in [0.05, 0.1) is 0 Å². The Bertz CT molecular complexity index is 358. The topological polar surface area (TPSA) is 41.1 Å². The van der Waals surface area contributed by atoms with Crippen molar-refractivity contribution in [1.29, 1.82) is 0 Å². The number of amides is 1. The lowest BCUT2D eigenvalue weighted by molar-refractivity contribution is -0.122. The quantitative estimate of drug-likeness (QED) is 0.831. The van der Waals surface area contributed by atoms with Crippen molar-refractivity contribution >= 4 is 5.91 Å². The summed E-state index contributed by atoms with van der Waals surface area (Å²) in [7, 11) is 0. The number of hydrogen-bond donors (Lipinski definition) is 2. The van der Waals surface area contributed by atoms with E-state index in [4.69, 9.17) is 0 Å². The normalized spacial score (nSPS) is 19.4. The minimum Gasteiger partial charge on any atom is -0.356 e. The van der Waals surface area contributed by atoms with E-state index in [1.54, 1.807) is 0 Å². The molecule has 1 aromatic rings. The van der Waals surface area contributed by atoms with Gasteiger partial charge in [0.1, 0.15) is 0 Å². The van der Waals surface area contributed by atoms with Crippen molar-refractivity contribution < 1.29 is 4.79 Å². The zero-order valence-corrected chi connectivity index (χ0v) is 10.8. The van der Waals surface area contributed by atoms with Gasteiger partial charge in [-0.2, -0.15) is 0 Å². The van der Waals surface area contributed by atoms with Crippen LogP contribution in [-0.4, -0.2) is 25.5 Å². The highest BCUT2D eigenvalue weighted by atomic mass is 16.1. The number of nitrogens with one attached hydrogen (secondary N) is 2. The summed E-state index contributed by atoms with van der Waals surface area (Å²) >= 11 is 0. The van der Waals surface area contributed by atoms with Crippen LogP contribution in [0.25, 0.3) is 0 Å². The van der Waals surface area contributed by atoms with Crippen LogP contribution in [0.2, 0.25) is 0 Å². The lowest BCUT2D eigenvalue weighted by Gasteiger charge is -2.22. The average molecular weight is 246 g/mol. The van der Waals surface area contributed by atoms with Gasteiger partial charge in [0.25, 0.3) is 0 Å². The van der Waals surface area contributed by atoms with Crippen LogP contribution in [0.1, 0.15) is 24.8 Å². The lowest BCUT2D eigenvalue weighted by Crippen LogP contribution is -2.34. The van der Waals surface area contributed by atoms with Crippen LogP contribution in [0.15, 0.2) is 30.3 Å². The average Bonchev–Trinajstić information content (AvgIpc) is 2.41. The van der Waals surface area contributed by atoms with Crippen LogP contribution >= 0.6 is 0 Å². The summed E-state index contributed by atoms with van der Waals surface area (Å²) < 4.78 is 0. The van der Waals surface area contributed by atoms with E-state index in [1.165, 1.54) is 18.4 Å². The molecular formula is C15H22N2O. The molecule has 1 unspecified atom stereocenters. The molecule has 2 rings (SSSR count). The summed E-state index contributed by atoms with van der Waals surface area (Å²) in [6.45, 7) is 2.83. The van der Waals surface area contributed by atoms with Gasteiger partial charge in [-0.15, -0.1) is 0 Å². The maximum Gasteiger partial charge on any atom is 0.220 e. The molecule has 1 fully saturated rings. The zero-order valence-electron chi connectivity index (χ0n) is 10.8. The standard InChI is InChI=1S/C15H22N2O/c18-15(11-14-7-4-9-16-12-14)17-10-8-13-5-2-1-3-6-13/h1-3,5-6,14,16H,4,7-12H2,(H,17,18). The molecule has 3 nitrogen and oxygen atoms in total. The number of rotatable bonds is 5. The molecule has 2 N–H and O–H groups in total. The minimum absolute atomic E-state index is 0.194. The Labute approximate surface area is 109 Å². The summed E-state index contributed by atoms with van der Waals surface area (Å²) in [4.78, 5) is 11.8. The first kappa shape index (κ1) is 13.1. The van der Waals surface area contributed by atoms with E-state index in [2.05, 4.69) is 22.8 Å². The van der Waals surface area contributed by atoms with Crippen LogP contribution in [-0.2, 0) is 11.2 Å². The predicted molar refractivity (Wildman–Crippen MR) is 73.4 cm³/mol. The van der Waals surface area contributed by atoms with Crippen molar-refractivity contribution in [3.05, 3.63) is 35.9 Å². The predicted octanol–water partition coefficient (Wildman–Crippen LogP) is 1.73. The van der Waals surface area contributed by atoms with Gasteiger partial charge in [-0.05, 0) is 43.8 Å². The van der Waals surface area contributed by atoms with Gasteiger partial charge < -0.3 is 10.6 Å². The van der Waals surface area contributed by atoms with Crippen molar-refractivity contribution in [2.45, 2.75) is 25.7 Å². The van der Waals surface area contributed by atoms with Gasteiger partial charge in [0.2, 0.25) is 5.91 Å². The van der Waals surface area contributed by atoms with Crippen LogP contribution in [0, 0.1) is 5.92 Å². The summed E-state index contributed by atoms with van der Waals surface area (Å²) in [5.74, 6) is 0.718. The van der Waals surface area contributed by atoms with Crippen LogP contribution in [0.5, 0.6) is 0 Å². The number of piperidine rings is 1. The fourth-order valence-corrected chi connectivity index (χ4v) is 2.42. The molecule has 0 aliphatic carbocycles. The van der Waals surface area contributed by atoms with Gasteiger partial charge >= 0.3 is 0 Å². The molecule has 1 saturated heterocycles. The molecule has 98 valence electrons. The molecule has 1 amide bonds. The first-order valence-electron chi connectivity index (χ1n) is 6.86. The molecule has 1 heterocycles. The molecule has 1 aliphatic rings. The largest absolute Gasteiger partial charge is 0.356 e. The van der Waals surface area contributed by atoms with Crippen molar-refractivity contribution in [2.75, 3.05) is 19.6 Å². The van der Waals surface area contributed by atoms with Crippen LogP contribution in [0.4, 0.5) is 0 Å². The molecule has 1 aliphatic heterocycles. The molecule has 0 spiro atoms. The Kier molecular flexibility index (Phi) is 5.21. The number of hydrogen-bond acceptors (Lipinski definition) is 2. The van der Waals surface area contributed by atoms with E-state index in [0.717, 1.165) is 26.1 Å². The lowest BCUT2D eigenvalue weighted by atomic mass is 9.96. The Hall–Kier alpha value is -1.35. The molecular weight excluding hydrogens is 224 g/mol. The van der Waals surface area contributed by atoms with Crippen molar-refractivity contribution in [3.8, 4) is 0 Å². The van der Waals surface area contributed by atoms with Gasteiger partial charge in [0, 0.05) is 13.0 Å². The van der Waals surface area contributed by atoms with Crippen molar-refractivity contribution in [2.24, 2.45) is 5.92 Å². The molecule has 18 heavy (non-hydrogen) atoms. The van der Waals surface area contributed by atoms with E-state index >= 15 is 0 Å². The van der Waals surface area contributed by atoms with Gasteiger partial charge in [-0.25, -0.2) is 0 Å². The van der Waals surface area contributed by atoms with Gasteiger partial charge in [-0.3, -0.25) is 4.79 Å². The second-order valence-corrected chi connectivity index (χ2v) is 5.00. The molecule has 1 aromatic carbocycles. The van der Waals surface area contributed by atoms with Crippen molar-refractivity contribution in [1.82, 2.24) is 10.6 Å². The fraction of sp³-hybridized carbons (Fsp3) is 0.533. The fourth-order valence-electron chi connectivity index (χ4n) is 2.42. The van der Waals surface area contributed by atoms with E-state index in [9.17, 15) is 4.79 Å². The summed E-state index contributed by atoms with van der Waals surface area (Å²) in [5.41, 5.74) is 1.28. The monoisotopic (exact) mass is 246 g/mol. The Morgan fingerprint density at radius 1 is 1.33 bits per heavy atom. The second-order valence-electron chi connectivity index (χ2n) is 5.00. The Morgan fingerprint density at radius 3 is 2.89 bits per heavy atom. The number of benzene rings is 1. The van der Waals surface area contributed by atoms with Gasteiger partial charge in [-0.1, -0.05) is 30.3 Å². The van der Waals surface area contributed by atoms with E-state index in [0.29, 0.717) is 12.3 Å². The summed E-state index contributed by atoms with van der Waals surface area (Å²) in [6.07, 6.45) is 3.96. The summed E-state index contributed by atoms with van der Waals surface area (Å²) in [6, 6.07) is 10.3. The highest BCUT2D eigenvalue weighted by Crippen LogP contribution is 2.13. The van der Waals surface area contributed by atoms with E-state index in [1.807, 2.05) is 18.2 Å². The Balaban J connectivity index is 1.62. The third-order valence-corrected chi connectivity index (χ3v) is 3.45. The van der Waals surface area contributed by atoms with Gasteiger partial charge in [0.15, 0.2) is 0 Å². The third kappa shape index (κ3) is 4.49. The highest BCUT2D eigenvalue weighted by molar-refractivity contribution is 5.76. The molecule has 0 aromatic heterocycles. The van der Waals surface area contributed by atoms with Crippen LogP contribution in [0.3, 0.4) is 0 Å². The van der Waals surface area contributed by atoms with Crippen molar-refractivity contribution in [3.63, 3.8) is 0 Å². The maximum absolute atomic E-state index is 11.8. The molecule has 0 saturated carbocycles. The second kappa shape index (κ2) is 7.17.